The van der Waals surface area contributed by atoms with Crippen molar-refractivity contribution in [2.75, 3.05) is 18.5 Å². The molecule has 2 aliphatic rings. The highest BCUT2D eigenvalue weighted by Crippen LogP contribution is 2.44. The van der Waals surface area contributed by atoms with Crippen molar-refractivity contribution in [2.45, 2.75) is 38.5 Å². The van der Waals surface area contributed by atoms with Gasteiger partial charge >= 0.3 is 0 Å². The summed E-state index contributed by atoms with van der Waals surface area (Å²) in [6.45, 7) is 1.17. The Bertz CT molecular complexity index is 796. The molecular formula is C22H25ClN2O. The number of fused-ring (bicyclic) bond motifs is 1. The zero-order chi connectivity index (χ0) is 17.8. The SMILES string of the molecule is Clc1ccccc1OCCN=C1Nc2ccccc2CC12CCCCC2. The zero-order valence-electron chi connectivity index (χ0n) is 15.0. The molecule has 4 heteroatoms. The van der Waals surface area contributed by atoms with E-state index in [4.69, 9.17) is 21.3 Å². The summed E-state index contributed by atoms with van der Waals surface area (Å²) in [6, 6.07) is 16.2. The van der Waals surface area contributed by atoms with E-state index in [0.717, 1.165) is 18.0 Å². The molecule has 1 saturated carbocycles. The lowest BCUT2D eigenvalue weighted by Crippen LogP contribution is -2.43. The van der Waals surface area contributed by atoms with Crippen LogP contribution in [0.15, 0.2) is 53.5 Å². The van der Waals surface area contributed by atoms with Crippen LogP contribution in [0.1, 0.15) is 37.7 Å². The van der Waals surface area contributed by atoms with Crippen LogP contribution in [0, 0.1) is 5.41 Å². The number of rotatable bonds is 4. The quantitative estimate of drug-likeness (QED) is 0.698. The Hall–Kier alpha value is -2.00. The first-order valence-corrected chi connectivity index (χ1v) is 9.92. The van der Waals surface area contributed by atoms with Gasteiger partial charge < -0.3 is 10.1 Å². The molecule has 136 valence electrons. The van der Waals surface area contributed by atoms with Gasteiger partial charge in [-0.25, -0.2) is 0 Å². The summed E-state index contributed by atoms with van der Waals surface area (Å²) in [6.07, 6.45) is 7.46. The second-order valence-corrected chi connectivity index (χ2v) is 7.72. The smallest absolute Gasteiger partial charge is 0.137 e. The number of hydrogen-bond acceptors (Lipinski definition) is 2. The molecule has 1 heterocycles. The standard InChI is InChI=1S/C22H25ClN2O/c23-18-9-3-5-11-20(18)26-15-14-24-21-22(12-6-1-7-13-22)16-17-8-2-4-10-19(17)25-21/h2-5,8-11H,1,6-7,12-16H2,(H,24,25). The Morgan fingerprint density at radius 1 is 1.00 bits per heavy atom. The van der Waals surface area contributed by atoms with E-state index in [2.05, 4.69) is 29.6 Å². The topological polar surface area (TPSA) is 33.6 Å². The molecule has 0 atom stereocenters. The molecule has 1 aliphatic heterocycles. The third-order valence-corrected chi connectivity index (χ3v) is 5.88. The van der Waals surface area contributed by atoms with E-state index in [1.165, 1.54) is 43.4 Å². The molecule has 0 bridgehead atoms. The van der Waals surface area contributed by atoms with Gasteiger partial charge in [-0.05, 0) is 43.0 Å². The Kier molecular flexibility index (Phi) is 5.16. The van der Waals surface area contributed by atoms with Gasteiger partial charge in [-0.15, -0.1) is 0 Å². The van der Waals surface area contributed by atoms with E-state index in [0.29, 0.717) is 18.2 Å². The fourth-order valence-electron chi connectivity index (χ4n) is 4.23. The molecule has 1 spiro atoms. The van der Waals surface area contributed by atoms with Crippen molar-refractivity contribution >= 4 is 23.1 Å². The maximum atomic E-state index is 6.15. The number of amidine groups is 1. The summed E-state index contributed by atoms with van der Waals surface area (Å²) >= 11 is 6.15. The molecule has 0 aromatic heterocycles. The molecule has 1 fully saturated rings. The normalized spacial score (nSPS) is 19.8. The Morgan fingerprint density at radius 2 is 1.77 bits per heavy atom. The number of nitrogens with zero attached hydrogens (tertiary/aromatic N) is 1. The van der Waals surface area contributed by atoms with Gasteiger partial charge in [-0.1, -0.05) is 61.2 Å². The highest BCUT2D eigenvalue weighted by molar-refractivity contribution is 6.32. The van der Waals surface area contributed by atoms with Gasteiger partial charge in [0.05, 0.1) is 11.6 Å². The van der Waals surface area contributed by atoms with Crippen LogP contribution < -0.4 is 10.1 Å². The molecule has 0 radical (unpaired) electrons. The highest BCUT2D eigenvalue weighted by atomic mass is 35.5. The number of nitrogens with one attached hydrogen (secondary N) is 1. The molecule has 1 N–H and O–H groups in total. The van der Waals surface area contributed by atoms with Gasteiger partial charge in [-0.3, -0.25) is 4.99 Å². The Morgan fingerprint density at radius 3 is 2.62 bits per heavy atom. The molecule has 3 nitrogen and oxygen atoms in total. The molecular weight excluding hydrogens is 344 g/mol. The van der Waals surface area contributed by atoms with Crippen molar-refractivity contribution in [1.29, 1.82) is 0 Å². The maximum absolute atomic E-state index is 6.15. The van der Waals surface area contributed by atoms with Gasteiger partial charge in [0.1, 0.15) is 18.2 Å². The molecule has 0 saturated heterocycles. The van der Waals surface area contributed by atoms with Crippen LogP contribution in [0.25, 0.3) is 0 Å². The van der Waals surface area contributed by atoms with Crippen LogP contribution in [0.5, 0.6) is 5.75 Å². The van der Waals surface area contributed by atoms with E-state index >= 15 is 0 Å². The fourth-order valence-corrected chi connectivity index (χ4v) is 4.42. The number of para-hydroxylation sites is 2. The van der Waals surface area contributed by atoms with Crippen molar-refractivity contribution in [3.05, 3.63) is 59.1 Å². The van der Waals surface area contributed by atoms with Crippen molar-refractivity contribution in [3.8, 4) is 5.75 Å². The summed E-state index contributed by atoms with van der Waals surface area (Å²) in [5, 5.41) is 4.28. The minimum atomic E-state index is 0.178. The van der Waals surface area contributed by atoms with Crippen molar-refractivity contribution in [2.24, 2.45) is 10.4 Å². The average Bonchev–Trinajstić information content (AvgIpc) is 2.67. The molecule has 0 amide bonds. The largest absolute Gasteiger partial charge is 0.490 e. The summed E-state index contributed by atoms with van der Waals surface area (Å²) in [5.74, 6) is 1.88. The predicted octanol–water partition coefficient (Wildman–Crippen LogP) is 5.74. The number of benzene rings is 2. The summed E-state index contributed by atoms with van der Waals surface area (Å²) in [4.78, 5) is 4.94. The van der Waals surface area contributed by atoms with E-state index in [1.807, 2.05) is 24.3 Å². The fraction of sp³-hybridized carbons (Fsp3) is 0.409. The second-order valence-electron chi connectivity index (χ2n) is 7.31. The molecule has 0 unspecified atom stereocenters. The van der Waals surface area contributed by atoms with Crippen molar-refractivity contribution < 1.29 is 4.74 Å². The third kappa shape index (κ3) is 3.59. The van der Waals surface area contributed by atoms with Crippen molar-refractivity contribution in [1.82, 2.24) is 0 Å². The van der Waals surface area contributed by atoms with Crippen molar-refractivity contribution in [3.63, 3.8) is 0 Å². The van der Waals surface area contributed by atoms with Gasteiger partial charge in [0.2, 0.25) is 0 Å². The van der Waals surface area contributed by atoms with Gasteiger partial charge in [0.15, 0.2) is 0 Å². The van der Waals surface area contributed by atoms with Gasteiger partial charge in [-0.2, -0.15) is 0 Å². The van der Waals surface area contributed by atoms with E-state index in [9.17, 15) is 0 Å². The first-order valence-electron chi connectivity index (χ1n) is 9.54. The second kappa shape index (κ2) is 7.71. The third-order valence-electron chi connectivity index (χ3n) is 5.57. The lowest BCUT2D eigenvalue weighted by molar-refractivity contribution is 0.276. The van der Waals surface area contributed by atoms with E-state index in [-0.39, 0.29) is 5.41 Å². The summed E-state index contributed by atoms with van der Waals surface area (Å²) < 4.78 is 5.81. The van der Waals surface area contributed by atoms with Crippen LogP contribution in [0.2, 0.25) is 5.02 Å². The first-order chi connectivity index (χ1) is 12.8. The zero-order valence-corrected chi connectivity index (χ0v) is 15.8. The Balaban J connectivity index is 1.49. The van der Waals surface area contributed by atoms with Crippen LogP contribution in [0.4, 0.5) is 5.69 Å². The molecule has 4 rings (SSSR count). The number of aliphatic imine (C=N–C) groups is 1. The summed E-state index contributed by atoms with van der Waals surface area (Å²) in [7, 11) is 0. The van der Waals surface area contributed by atoms with Crippen LogP contribution in [0.3, 0.4) is 0 Å². The minimum absolute atomic E-state index is 0.178. The maximum Gasteiger partial charge on any atom is 0.137 e. The van der Waals surface area contributed by atoms with Gasteiger partial charge in [0, 0.05) is 11.1 Å². The first kappa shape index (κ1) is 17.4. The number of anilines is 1. The van der Waals surface area contributed by atoms with Crippen LogP contribution >= 0.6 is 11.6 Å². The van der Waals surface area contributed by atoms with E-state index < -0.39 is 0 Å². The number of hydrogen-bond donors (Lipinski definition) is 1. The Labute approximate surface area is 160 Å². The molecule has 26 heavy (non-hydrogen) atoms. The minimum Gasteiger partial charge on any atom is -0.490 e. The van der Waals surface area contributed by atoms with Crippen LogP contribution in [-0.2, 0) is 6.42 Å². The highest BCUT2D eigenvalue weighted by Gasteiger charge is 2.40. The monoisotopic (exact) mass is 368 g/mol. The lowest BCUT2D eigenvalue weighted by Gasteiger charge is -2.42. The van der Waals surface area contributed by atoms with E-state index in [1.54, 1.807) is 0 Å². The molecule has 2 aromatic rings. The molecule has 1 aliphatic carbocycles. The summed E-state index contributed by atoms with van der Waals surface area (Å²) in [5.41, 5.74) is 2.80. The average molecular weight is 369 g/mol. The van der Waals surface area contributed by atoms with Gasteiger partial charge in [0.25, 0.3) is 0 Å². The number of halogens is 1. The molecule has 2 aromatic carbocycles. The number of ether oxygens (including phenoxy) is 1. The lowest BCUT2D eigenvalue weighted by atomic mass is 9.67. The predicted molar refractivity (Wildman–Crippen MR) is 109 cm³/mol. The van der Waals surface area contributed by atoms with Crippen LogP contribution in [-0.4, -0.2) is 19.0 Å².